The number of hydrogen-bond donors (Lipinski definition) is 1. The van der Waals surface area contributed by atoms with Gasteiger partial charge in [0.1, 0.15) is 0 Å². The Morgan fingerprint density at radius 1 is 1.13 bits per heavy atom. The number of ether oxygens (including phenoxy) is 2. The average molecular weight is 341 g/mol. The molecular formula is C16H23NO5S. The maximum Gasteiger partial charge on any atom is 0.333 e. The van der Waals surface area contributed by atoms with Crippen molar-refractivity contribution >= 4 is 10.3 Å². The van der Waals surface area contributed by atoms with Crippen LogP contribution in [0.3, 0.4) is 0 Å². The van der Waals surface area contributed by atoms with E-state index < -0.39 is 16.1 Å². The zero-order valence-electron chi connectivity index (χ0n) is 13.0. The monoisotopic (exact) mass is 341 g/mol. The summed E-state index contributed by atoms with van der Waals surface area (Å²) in [6.07, 6.45) is 4.87. The van der Waals surface area contributed by atoms with E-state index >= 15 is 0 Å². The molecule has 23 heavy (non-hydrogen) atoms. The second-order valence-corrected chi connectivity index (χ2v) is 7.44. The first-order valence-corrected chi connectivity index (χ1v) is 9.50. The molecule has 1 saturated carbocycles. The van der Waals surface area contributed by atoms with Gasteiger partial charge in [-0.2, -0.15) is 8.42 Å². The highest BCUT2D eigenvalue weighted by Gasteiger charge is 2.48. The molecule has 1 heterocycles. The van der Waals surface area contributed by atoms with E-state index in [-0.39, 0.29) is 18.8 Å². The summed E-state index contributed by atoms with van der Waals surface area (Å²) >= 11 is 0. The van der Waals surface area contributed by atoms with Crippen molar-refractivity contribution < 1.29 is 22.1 Å². The summed E-state index contributed by atoms with van der Waals surface area (Å²) in [5, 5.41) is 4.87. The van der Waals surface area contributed by atoms with Gasteiger partial charge in [-0.05, 0) is 18.4 Å². The van der Waals surface area contributed by atoms with Crippen LogP contribution in [0, 0.1) is 0 Å². The van der Waals surface area contributed by atoms with E-state index in [9.17, 15) is 8.42 Å². The molecule has 1 aromatic rings. The Morgan fingerprint density at radius 2 is 1.78 bits per heavy atom. The van der Waals surface area contributed by atoms with Crippen molar-refractivity contribution in [2.75, 3.05) is 6.61 Å². The minimum Gasteiger partial charge on any atom is -0.344 e. The summed E-state index contributed by atoms with van der Waals surface area (Å²) in [6.45, 7) is 0.00816. The highest BCUT2D eigenvalue weighted by Crippen LogP contribution is 2.43. The Hall–Kier alpha value is -0.990. The Kier molecular flexibility index (Phi) is 5.03. The summed E-state index contributed by atoms with van der Waals surface area (Å²) in [5.74, 6) is -0.494. The smallest absolute Gasteiger partial charge is 0.333 e. The van der Waals surface area contributed by atoms with Crippen LogP contribution < -0.4 is 5.14 Å². The Morgan fingerprint density at radius 3 is 2.43 bits per heavy atom. The lowest BCUT2D eigenvalue weighted by atomic mass is 10.0. The van der Waals surface area contributed by atoms with Gasteiger partial charge in [0.15, 0.2) is 5.79 Å². The molecule has 0 radical (unpaired) electrons. The van der Waals surface area contributed by atoms with Gasteiger partial charge in [-0.15, -0.1) is 0 Å². The fraction of sp³-hybridized carbons (Fsp3) is 0.625. The quantitative estimate of drug-likeness (QED) is 0.854. The predicted octanol–water partition coefficient (Wildman–Crippen LogP) is 1.89. The zero-order chi connectivity index (χ0) is 16.3. The molecule has 3 rings (SSSR count). The molecule has 0 bridgehead atoms. The van der Waals surface area contributed by atoms with Crippen LogP contribution in [-0.2, 0) is 30.4 Å². The van der Waals surface area contributed by atoms with E-state index in [4.69, 9.17) is 14.6 Å². The molecule has 1 aliphatic heterocycles. The molecule has 1 aliphatic carbocycles. The third kappa shape index (κ3) is 4.51. The molecule has 1 aromatic carbocycles. The molecule has 2 aliphatic rings. The largest absolute Gasteiger partial charge is 0.344 e. The van der Waals surface area contributed by atoms with Crippen molar-refractivity contribution in [1.29, 1.82) is 0 Å². The van der Waals surface area contributed by atoms with E-state index in [1.165, 1.54) is 5.56 Å². The van der Waals surface area contributed by atoms with Crippen LogP contribution in [0.4, 0.5) is 0 Å². The summed E-state index contributed by atoms with van der Waals surface area (Å²) < 4.78 is 38.9. The Labute approximate surface area is 137 Å². The van der Waals surface area contributed by atoms with Crippen LogP contribution in [0.5, 0.6) is 0 Å². The van der Waals surface area contributed by atoms with Crippen molar-refractivity contribution in [3.8, 4) is 0 Å². The number of benzene rings is 1. The molecule has 0 amide bonds. The van der Waals surface area contributed by atoms with Crippen LogP contribution in [0.25, 0.3) is 0 Å². The molecule has 128 valence electrons. The standard InChI is InChI=1S/C16H23NO5S/c17-23(18,19)20-11-8-14-15(12-13-6-2-1-3-7-13)22-16(21-14)9-4-5-10-16/h1-3,6-7,14-15H,4-5,8-12H2,(H2,17,18,19)/t14-,15-/m0/s1. The van der Waals surface area contributed by atoms with Crippen LogP contribution in [0.2, 0.25) is 0 Å². The summed E-state index contributed by atoms with van der Waals surface area (Å²) in [4.78, 5) is 0. The summed E-state index contributed by atoms with van der Waals surface area (Å²) in [7, 11) is -3.92. The Balaban J connectivity index is 1.65. The van der Waals surface area contributed by atoms with Crippen LogP contribution in [0.1, 0.15) is 37.7 Å². The molecule has 2 atom stereocenters. The van der Waals surface area contributed by atoms with Crippen LogP contribution >= 0.6 is 0 Å². The van der Waals surface area contributed by atoms with Gasteiger partial charge in [0, 0.05) is 25.7 Å². The van der Waals surface area contributed by atoms with E-state index in [0.717, 1.165) is 32.1 Å². The summed E-state index contributed by atoms with van der Waals surface area (Å²) in [6, 6.07) is 10.1. The first-order valence-electron chi connectivity index (χ1n) is 8.03. The lowest BCUT2D eigenvalue weighted by Gasteiger charge is -2.22. The van der Waals surface area contributed by atoms with Crippen molar-refractivity contribution in [3.63, 3.8) is 0 Å². The van der Waals surface area contributed by atoms with Gasteiger partial charge in [-0.1, -0.05) is 30.3 Å². The molecule has 2 N–H and O–H groups in total. The topological polar surface area (TPSA) is 87.9 Å². The van der Waals surface area contributed by atoms with Gasteiger partial charge in [0.25, 0.3) is 0 Å². The second kappa shape index (κ2) is 6.86. The predicted molar refractivity (Wildman–Crippen MR) is 84.8 cm³/mol. The third-order valence-corrected chi connectivity index (χ3v) is 4.94. The van der Waals surface area contributed by atoms with Gasteiger partial charge < -0.3 is 9.47 Å². The fourth-order valence-electron chi connectivity index (χ4n) is 3.43. The van der Waals surface area contributed by atoms with Crippen LogP contribution in [-0.4, -0.2) is 33.0 Å². The van der Waals surface area contributed by atoms with E-state index in [1.807, 2.05) is 18.2 Å². The number of hydrogen-bond acceptors (Lipinski definition) is 5. The van der Waals surface area contributed by atoms with E-state index in [2.05, 4.69) is 16.3 Å². The summed E-state index contributed by atoms with van der Waals surface area (Å²) in [5.41, 5.74) is 1.17. The second-order valence-electron chi connectivity index (χ2n) is 6.22. The number of nitrogens with two attached hydrogens (primary N) is 1. The van der Waals surface area contributed by atoms with Crippen molar-refractivity contribution in [2.45, 2.75) is 56.5 Å². The van der Waals surface area contributed by atoms with Crippen molar-refractivity contribution in [1.82, 2.24) is 0 Å². The number of rotatable bonds is 6. The van der Waals surface area contributed by atoms with E-state index in [0.29, 0.717) is 6.42 Å². The minimum atomic E-state index is -3.92. The average Bonchev–Trinajstić information content (AvgIpc) is 3.07. The molecule has 0 aromatic heterocycles. The fourth-order valence-corrected chi connectivity index (χ4v) is 3.75. The molecule has 1 saturated heterocycles. The minimum absolute atomic E-state index is 0.00816. The lowest BCUT2D eigenvalue weighted by molar-refractivity contribution is -0.169. The van der Waals surface area contributed by atoms with Gasteiger partial charge in [0.2, 0.25) is 0 Å². The molecule has 0 unspecified atom stereocenters. The maximum atomic E-state index is 10.9. The normalized spacial score (nSPS) is 26.8. The van der Waals surface area contributed by atoms with Gasteiger partial charge in [0.05, 0.1) is 18.8 Å². The first kappa shape index (κ1) is 16.9. The zero-order valence-corrected chi connectivity index (χ0v) is 13.8. The molecule has 7 heteroatoms. The SMILES string of the molecule is NS(=O)(=O)OCC[C@@H]1OC2(CCCC2)O[C@H]1Cc1ccccc1. The van der Waals surface area contributed by atoms with Gasteiger partial charge >= 0.3 is 10.3 Å². The van der Waals surface area contributed by atoms with E-state index in [1.54, 1.807) is 0 Å². The highest BCUT2D eigenvalue weighted by molar-refractivity contribution is 7.84. The Bertz CT molecular complexity index is 613. The molecule has 1 spiro atoms. The van der Waals surface area contributed by atoms with Crippen molar-refractivity contribution in [3.05, 3.63) is 35.9 Å². The van der Waals surface area contributed by atoms with Crippen molar-refractivity contribution in [2.24, 2.45) is 5.14 Å². The molecular weight excluding hydrogens is 318 g/mol. The lowest BCUT2D eigenvalue weighted by Crippen LogP contribution is -2.27. The molecule has 6 nitrogen and oxygen atoms in total. The van der Waals surface area contributed by atoms with Gasteiger partial charge in [-0.25, -0.2) is 5.14 Å². The molecule has 2 fully saturated rings. The van der Waals surface area contributed by atoms with Gasteiger partial charge in [-0.3, -0.25) is 4.18 Å². The highest BCUT2D eigenvalue weighted by atomic mass is 32.2. The maximum absolute atomic E-state index is 10.9. The van der Waals surface area contributed by atoms with Crippen LogP contribution in [0.15, 0.2) is 30.3 Å². The first-order chi connectivity index (χ1) is 11.0. The third-order valence-electron chi connectivity index (χ3n) is 4.44.